The lowest BCUT2D eigenvalue weighted by molar-refractivity contribution is 0.454. The topological polar surface area (TPSA) is 53.4 Å². The molecule has 0 aliphatic heterocycles. The van der Waals surface area contributed by atoms with Crippen molar-refractivity contribution in [2.75, 3.05) is 0 Å². The molecule has 3 heteroatoms. The molecule has 0 saturated carbocycles. The minimum Gasteiger partial charge on any atom is -0.507 e. The molecule has 0 amide bonds. The maximum Gasteiger partial charge on any atom is 0.127 e. The summed E-state index contributed by atoms with van der Waals surface area (Å²) >= 11 is 0. The van der Waals surface area contributed by atoms with Crippen molar-refractivity contribution in [3.8, 4) is 22.6 Å². The first kappa shape index (κ1) is 8.56. The SMILES string of the molecule is Oc1cccc(O)c1-c1ccncc1. The zero-order chi connectivity index (χ0) is 9.97. The third-order valence-electron chi connectivity index (χ3n) is 1.99. The Hall–Kier alpha value is -2.03. The van der Waals surface area contributed by atoms with Crippen LogP contribution in [-0.2, 0) is 0 Å². The van der Waals surface area contributed by atoms with Crippen molar-refractivity contribution >= 4 is 0 Å². The van der Waals surface area contributed by atoms with Gasteiger partial charge in [0.05, 0.1) is 5.56 Å². The first-order chi connectivity index (χ1) is 6.79. The highest BCUT2D eigenvalue weighted by molar-refractivity contribution is 5.75. The third-order valence-corrected chi connectivity index (χ3v) is 1.99. The van der Waals surface area contributed by atoms with Crippen LogP contribution in [0.3, 0.4) is 0 Å². The van der Waals surface area contributed by atoms with E-state index in [2.05, 4.69) is 4.98 Å². The van der Waals surface area contributed by atoms with Crippen molar-refractivity contribution < 1.29 is 10.2 Å². The summed E-state index contributed by atoms with van der Waals surface area (Å²) in [6.45, 7) is 0. The molecule has 0 bridgehead atoms. The summed E-state index contributed by atoms with van der Waals surface area (Å²) in [7, 11) is 0. The normalized spacial score (nSPS) is 10.0. The van der Waals surface area contributed by atoms with Crippen LogP contribution in [0.1, 0.15) is 0 Å². The Labute approximate surface area is 81.3 Å². The molecular weight excluding hydrogens is 178 g/mol. The van der Waals surface area contributed by atoms with E-state index in [0.29, 0.717) is 5.56 Å². The standard InChI is InChI=1S/C11H9NO2/c13-9-2-1-3-10(14)11(9)8-4-6-12-7-5-8/h1-7,13-14H. The van der Waals surface area contributed by atoms with E-state index in [0.717, 1.165) is 5.56 Å². The van der Waals surface area contributed by atoms with Gasteiger partial charge in [-0.3, -0.25) is 4.98 Å². The van der Waals surface area contributed by atoms with Gasteiger partial charge in [-0.2, -0.15) is 0 Å². The van der Waals surface area contributed by atoms with Gasteiger partial charge in [-0.05, 0) is 29.8 Å². The number of pyridine rings is 1. The Kier molecular flexibility index (Phi) is 2.07. The van der Waals surface area contributed by atoms with Crippen molar-refractivity contribution in [2.24, 2.45) is 0 Å². The number of rotatable bonds is 1. The molecule has 0 atom stereocenters. The fourth-order valence-corrected chi connectivity index (χ4v) is 1.34. The third kappa shape index (κ3) is 1.40. The molecule has 0 spiro atoms. The fourth-order valence-electron chi connectivity index (χ4n) is 1.34. The zero-order valence-corrected chi connectivity index (χ0v) is 7.38. The predicted octanol–water partition coefficient (Wildman–Crippen LogP) is 2.16. The molecule has 2 rings (SSSR count). The lowest BCUT2D eigenvalue weighted by Crippen LogP contribution is -1.80. The van der Waals surface area contributed by atoms with Gasteiger partial charge >= 0.3 is 0 Å². The van der Waals surface area contributed by atoms with E-state index >= 15 is 0 Å². The van der Waals surface area contributed by atoms with Gasteiger partial charge in [-0.1, -0.05) is 6.07 Å². The number of phenolic OH excluding ortho intramolecular Hbond substituents is 2. The number of phenols is 2. The Balaban J connectivity index is 2.63. The molecule has 1 aromatic heterocycles. The van der Waals surface area contributed by atoms with Crippen molar-refractivity contribution in [1.29, 1.82) is 0 Å². The Bertz CT molecular complexity index is 420. The highest BCUT2D eigenvalue weighted by Gasteiger charge is 2.08. The predicted molar refractivity (Wildman–Crippen MR) is 53.0 cm³/mol. The zero-order valence-electron chi connectivity index (χ0n) is 7.38. The molecule has 0 aliphatic rings. The first-order valence-corrected chi connectivity index (χ1v) is 4.20. The minimum atomic E-state index is 0.0659. The molecule has 2 N–H and O–H groups in total. The molecule has 0 fully saturated rings. The van der Waals surface area contributed by atoms with Gasteiger partial charge in [0.15, 0.2) is 0 Å². The van der Waals surface area contributed by atoms with Crippen molar-refractivity contribution in [1.82, 2.24) is 4.98 Å². The van der Waals surface area contributed by atoms with E-state index in [1.54, 1.807) is 30.6 Å². The summed E-state index contributed by atoms with van der Waals surface area (Å²) in [4.78, 5) is 3.87. The number of hydrogen-bond donors (Lipinski definition) is 2. The monoisotopic (exact) mass is 187 g/mol. The number of aromatic hydroxyl groups is 2. The van der Waals surface area contributed by atoms with E-state index < -0.39 is 0 Å². The van der Waals surface area contributed by atoms with Crippen LogP contribution in [-0.4, -0.2) is 15.2 Å². The maximum absolute atomic E-state index is 9.56. The van der Waals surface area contributed by atoms with E-state index in [4.69, 9.17) is 0 Å². The van der Waals surface area contributed by atoms with Crippen LogP contribution in [0.2, 0.25) is 0 Å². The second-order valence-corrected chi connectivity index (χ2v) is 2.91. The van der Waals surface area contributed by atoms with Gasteiger partial charge in [0, 0.05) is 12.4 Å². The molecule has 1 heterocycles. The molecule has 14 heavy (non-hydrogen) atoms. The van der Waals surface area contributed by atoms with Crippen molar-refractivity contribution in [2.45, 2.75) is 0 Å². The van der Waals surface area contributed by atoms with Gasteiger partial charge in [0.25, 0.3) is 0 Å². The minimum absolute atomic E-state index is 0.0659. The molecule has 3 nitrogen and oxygen atoms in total. The van der Waals surface area contributed by atoms with Crippen molar-refractivity contribution in [3.05, 3.63) is 42.7 Å². The molecular formula is C11H9NO2. The van der Waals surface area contributed by atoms with Crippen LogP contribution >= 0.6 is 0 Å². The summed E-state index contributed by atoms with van der Waals surface area (Å²) in [6.07, 6.45) is 3.22. The quantitative estimate of drug-likeness (QED) is 0.719. The highest BCUT2D eigenvalue weighted by atomic mass is 16.3. The van der Waals surface area contributed by atoms with Gasteiger partial charge in [0.1, 0.15) is 11.5 Å². The number of benzene rings is 1. The Morgan fingerprint density at radius 1 is 0.857 bits per heavy atom. The number of aromatic nitrogens is 1. The van der Waals surface area contributed by atoms with Crippen LogP contribution < -0.4 is 0 Å². The largest absolute Gasteiger partial charge is 0.507 e. The van der Waals surface area contributed by atoms with E-state index in [9.17, 15) is 10.2 Å². The lowest BCUT2D eigenvalue weighted by Gasteiger charge is -2.05. The van der Waals surface area contributed by atoms with Crippen LogP contribution in [0.15, 0.2) is 42.7 Å². The molecule has 0 radical (unpaired) electrons. The summed E-state index contributed by atoms with van der Waals surface area (Å²) in [5.74, 6) is 0.132. The second kappa shape index (κ2) is 3.38. The Morgan fingerprint density at radius 3 is 2.00 bits per heavy atom. The van der Waals surface area contributed by atoms with E-state index in [1.807, 2.05) is 0 Å². The van der Waals surface area contributed by atoms with E-state index in [1.165, 1.54) is 12.1 Å². The average Bonchev–Trinajstić information content (AvgIpc) is 2.19. The summed E-state index contributed by atoms with van der Waals surface area (Å²) in [6, 6.07) is 8.13. The molecule has 0 unspecified atom stereocenters. The van der Waals surface area contributed by atoms with Gasteiger partial charge in [-0.25, -0.2) is 0 Å². The first-order valence-electron chi connectivity index (χ1n) is 4.20. The molecule has 2 aromatic rings. The van der Waals surface area contributed by atoms with E-state index in [-0.39, 0.29) is 11.5 Å². The van der Waals surface area contributed by atoms with Crippen molar-refractivity contribution in [3.63, 3.8) is 0 Å². The van der Waals surface area contributed by atoms with Gasteiger partial charge < -0.3 is 10.2 Å². The molecule has 0 saturated heterocycles. The van der Waals surface area contributed by atoms with Crippen LogP contribution in [0, 0.1) is 0 Å². The highest BCUT2D eigenvalue weighted by Crippen LogP contribution is 2.36. The second-order valence-electron chi connectivity index (χ2n) is 2.91. The number of hydrogen-bond acceptors (Lipinski definition) is 3. The van der Waals surface area contributed by atoms with Gasteiger partial charge in [-0.15, -0.1) is 0 Å². The smallest absolute Gasteiger partial charge is 0.127 e. The number of nitrogens with zero attached hydrogens (tertiary/aromatic N) is 1. The summed E-state index contributed by atoms with van der Waals surface area (Å²) in [5, 5.41) is 19.1. The molecule has 0 aliphatic carbocycles. The lowest BCUT2D eigenvalue weighted by atomic mass is 10.1. The van der Waals surface area contributed by atoms with Gasteiger partial charge in [0.2, 0.25) is 0 Å². The van der Waals surface area contributed by atoms with Crippen LogP contribution in [0.4, 0.5) is 0 Å². The fraction of sp³-hybridized carbons (Fsp3) is 0. The summed E-state index contributed by atoms with van der Waals surface area (Å²) < 4.78 is 0. The summed E-state index contributed by atoms with van der Waals surface area (Å²) in [5.41, 5.74) is 1.19. The molecule has 1 aromatic carbocycles. The maximum atomic E-state index is 9.56. The molecule has 70 valence electrons. The van der Waals surface area contributed by atoms with Crippen LogP contribution in [0.25, 0.3) is 11.1 Å². The average molecular weight is 187 g/mol. The Morgan fingerprint density at radius 2 is 1.43 bits per heavy atom. The van der Waals surface area contributed by atoms with Crippen LogP contribution in [0.5, 0.6) is 11.5 Å².